The number of morpholine rings is 1. The number of hydrogen-bond donors (Lipinski definition) is 1. The molecule has 2 saturated heterocycles. The molecule has 5 nitrogen and oxygen atoms in total. The highest BCUT2D eigenvalue weighted by Gasteiger charge is 2.38. The van der Waals surface area contributed by atoms with Crippen LogP contribution in [0.5, 0.6) is 0 Å². The molecule has 2 aliphatic rings. The fourth-order valence-corrected chi connectivity index (χ4v) is 4.12. The summed E-state index contributed by atoms with van der Waals surface area (Å²) in [5, 5.41) is 9.61. The lowest BCUT2D eigenvalue weighted by Gasteiger charge is -2.34. The number of aliphatic hydroxyl groups is 1. The van der Waals surface area contributed by atoms with Crippen LogP contribution in [0.3, 0.4) is 0 Å². The van der Waals surface area contributed by atoms with Gasteiger partial charge in [0.2, 0.25) is 0 Å². The zero-order valence-corrected chi connectivity index (χ0v) is 14.6. The second-order valence-electron chi connectivity index (χ2n) is 6.75. The average Bonchev–Trinajstić information content (AvgIpc) is 3.23. The van der Waals surface area contributed by atoms with Gasteiger partial charge >= 0.3 is 0 Å². The molecule has 2 aliphatic heterocycles. The molecule has 0 unspecified atom stereocenters. The molecule has 1 aromatic heterocycles. The summed E-state index contributed by atoms with van der Waals surface area (Å²) in [6.07, 6.45) is 5.40. The lowest BCUT2D eigenvalue weighted by atomic mass is 10.1. The quantitative estimate of drug-likeness (QED) is 0.905. The van der Waals surface area contributed by atoms with Crippen molar-refractivity contribution in [2.45, 2.75) is 31.0 Å². The first-order chi connectivity index (χ1) is 12.2. The second-order valence-corrected chi connectivity index (χ2v) is 7.15. The molecule has 25 heavy (non-hydrogen) atoms. The minimum absolute atomic E-state index is 0.0971. The Kier molecular flexibility index (Phi) is 4.78. The van der Waals surface area contributed by atoms with E-state index < -0.39 is 0 Å². The Labute approximate surface area is 151 Å². The number of hydrogen-bond acceptors (Lipinski definition) is 4. The van der Waals surface area contributed by atoms with Crippen LogP contribution in [0, 0.1) is 5.82 Å². The summed E-state index contributed by atoms with van der Waals surface area (Å²) in [4.78, 5) is 6.85. The van der Waals surface area contributed by atoms with Gasteiger partial charge in [-0.3, -0.25) is 4.90 Å². The van der Waals surface area contributed by atoms with E-state index in [-0.39, 0.29) is 24.6 Å². The zero-order chi connectivity index (χ0) is 17.4. The SMILES string of the molecule is OCC[C@H]1CN2C[C@H](n3ccnc3-c3cc(F)ccc3Cl)C[C@H]2CO1. The highest BCUT2D eigenvalue weighted by molar-refractivity contribution is 6.33. The summed E-state index contributed by atoms with van der Waals surface area (Å²) in [5.41, 5.74) is 0.617. The molecule has 1 N–H and O–H groups in total. The van der Waals surface area contributed by atoms with Gasteiger partial charge in [-0.1, -0.05) is 11.6 Å². The highest BCUT2D eigenvalue weighted by atomic mass is 35.5. The van der Waals surface area contributed by atoms with Crippen molar-refractivity contribution >= 4 is 11.6 Å². The van der Waals surface area contributed by atoms with E-state index >= 15 is 0 Å². The van der Waals surface area contributed by atoms with Gasteiger partial charge in [0.1, 0.15) is 11.6 Å². The lowest BCUT2D eigenvalue weighted by Crippen LogP contribution is -2.46. The molecular formula is C18H21ClFN3O2. The largest absolute Gasteiger partial charge is 0.396 e. The Balaban J connectivity index is 1.57. The molecule has 0 bridgehead atoms. The predicted octanol–water partition coefficient (Wildman–Crippen LogP) is 2.74. The molecule has 0 radical (unpaired) electrons. The van der Waals surface area contributed by atoms with Gasteiger partial charge in [-0.15, -0.1) is 0 Å². The third-order valence-corrected chi connectivity index (χ3v) is 5.48. The Morgan fingerprint density at radius 3 is 3.04 bits per heavy atom. The van der Waals surface area contributed by atoms with E-state index in [1.807, 2.05) is 6.20 Å². The van der Waals surface area contributed by atoms with Crippen LogP contribution in [0.25, 0.3) is 11.4 Å². The van der Waals surface area contributed by atoms with E-state index in [9.17, 15) is 4.39 Å². The Hall–Kier alpha value is -1.47. The summed E-state index contributed by atoms with van der Waals surface area (Å²) in [5.74, 6) is 0.375. The molecule has 3 heterocycles. The number of nitrogens with zero attached hydrogens (tertiary/aromatic N) is 3. The van der Waals surface area contributed by atoms with Gasteiger partial charge in [0.05, 0.1) is 17.7 Å². The molecule has 134 valence electrons. The van der Waals surface area contributed by atoms with E-state index in [0.29, 0.717) is 35.5 Å². The monoisotopic (exact) mass is 365 g/mol. The van der Waals surface area contributed by atoms with Gasteiger partial charge in [0.25, 0.3) is 0 Å². The molecule has 0 aliphatic carbocycles. The van der Waals surface area contributed by atoms with E-state index in [4.69, 9.17) is 21.4 Å². The van der Waals surface area contributed by atoms with Crippen molar-refractivity contribution in [1.29, 1.82) is 0 Å². The van der Waals surface area contributed by atoms with Crippen LogP contribution in [0.4, 0.5) is 4.39 Å². The summed E-state index contributed by atoms with van der Waals surface area (Å²) < 4.78 is 21.6. The van der Waals surface area contributed by atoms with Crippen LogP contribution in [0.1, 0.15) is 18.9 Å². The van der Waals surface area contributed by atoms with Gasteiger partial charge in [-0.25, -0.2) is 9.37 Å². The minimum Gasteiger partial charge on any atom is -0.396 e. The lowest BCUT2D eigenvalue weighted by molar-refractivity contribution is -0.0567. The van der Waals surface area contributed by atoms with E-state index in [1.165, 1.54) is 12.1 Å². The van der Waals surface area contributed by atoms with Gasteiger partial charge in [0.15, 0.2) is 0 Å². The maximum Gasteiger partial charge on any atom is 0.141 e. The van der Waals surface area contributed by atoms with Crippen molar-refractivity contribution in [3.05, 3.63) is 41.4 Å². The van der Waals surface area contributed by atoms with Gasteiger partial charge < -0.3 is 14.4 Å². The predicted molar refractivity (Wildman–Crippen MR) is 93.1 cm³/mol. The smallest absolute Gasteiger partial charge is 0.141 e. The number of fused-ring (bicyclic) bond motifs is 1. The first kappa shape index (κ1) is 17.0. The van der Waals surface area contributed by atoms with Crippen LogP contribution < -0.4 is 0 Å². The molecule has 2 aromatic rings. The first-order valence-electron chi connectivity index (χ1n) is 8.60. The highest BCUT2D eigenvalue weighted by Crippen LogP contribution is 2.35. The molecular weight excluding hydrogens is 345 g/mol. The number of ether oxygens (including phenoxy) is 1. The van der Waals surface area contributed by atoms with E-state index in [2.05, 4.69) is 14.5 Å². The topological polar surface area (TPSA) is 50.5 Å². The van der Waals surface area contributed by atoms with Crippen LogP contribution in [0.2, 0.25) is 5.02 Å². The number of aromatic nitrogens is 2. The van der Waals surface area contributed by atoms with Crippen LogP contribution in [0.15, 0.2) is 30.6 Å². The number of imidazole rings is 1. The van der Waals surface area contributed by atoms with Crippen molar-refractivity contribution in [2.75, 3.05) is 26.3 Å². The fraction of sp³-hybridized carbons (Fsp3) is 0.500. The number of benzene rings is 1. The van der Waals surface area contributed by atoms with Gasteiger partial charge in [-0.2, -0.15) is 0 Å². The van der Waals surface area contributed by atoms with Gasteiger partial charge in [0, 0.05) is 49.7 Å². The molecule has 0 saturated carbocycles. The summed E-state index contributed by atoms with van der Waals surface area (Å²) in [6, 6.07) is 4.98. The summed E-state index contributed by atoms with van der Waals surface area (Å²) in [7, 11) is 0. The molecule has 3 atom stereocenters. The van der Waals surface area contributed by atoms with Crippen LogP contribution in [-0.4, -0.2) is 58.0 Å². The van der Waals surface area contributed by atoms with Gasteiger partial charge in [-0.05, 0) is 31.0 Å². The Morgan fingerprint density at radius 2 is 2.20 bits per heavy atom. The summed E-state index contributed by atoms with van der Waals surface area (Å²) >= 11 is 6.27. The summed E-state index contributed by atoms with van der Waals surface area (Å²) in [6.45, 7) is 2.57. The van der Waals surface area contributed by atoms with Crippen molar-refractivity contribution < 1.29 is 14.2 Å². The average molecular weight is 366 g/mol. The Morgan fingerprint density at radius 1 is 1.32 bits per heavy atom. The van der Waals surface area contributed by atoms with E-state index in [0.717, 1.165) is 19.5 Å². The molecule has 2 fully saturated rings. The van der Waals surface area contributed by atoms with Crippen molar-refractivity contribution in [2.24, 2.45) is 0 Å². The maximum atomic E-state index is 13.7. The van der Waals surface area contributed by atoms with Crippen molar-refractivity contribution in [3.63, 3.8) is 0 Å². The zero-order valence-electron chi connectivity index (χ0n) is 13.8. The molecule has 0 spiro atoms. The normalized spacial score (nSPS) is 26.8. The van der Waals surface area contributed by atoms with Crippen LogP contribution >= 0.6 is 11.6 Å². The standard InChI is InChI=1S/C18H21ClFN3O2/c19-17-2-1-12(20)7-16(17)18-21-4-5-23(18)13-8-14-11-25-15(3-6-24)10-22(14)9-13/h1-2,4-5,7,13-15,24H,3,6,8-11H2/t13-,14+,15+/m1/s1. The van der Waals surface area contributed by atoms with Crippen molar-refractivity contribution in [3.8, 4) is 11.4 Å². The van der Waals surface area contributed by atoms with Crippen LogP contribution in [-0.2, 0) is 4.74 Å². The third-order valence-electron chi connectivity index (χ3n) is 5.15. The van der Waals surface area contributed by atoms with E-state index in [1.54, 1.807) is 12.3 Å². The molecule has 0 amide bonds. The number of aliphatic hydroxyl groups excluding tert-OH is 1. The Bertz CT molecular complexity index is 754. The minimum atomic E-state index is -0.321. The number of halogens is 2. The third kappa shape index (κ3) is 3.31. The van der Waals surface area contributed by atoms with Crippen molar-refractivity contribution in [1.82, 2.24) is 14.5 Å². The molecule has 4 rings (SSSR count). The molecule has 7 heteroatoms. The molecule has 1 aromatic carbocycles. The first-order valence-corrected chi connectivity index (χ1v) is 8.98. The maximum absolute atomic E-state index is 13.7. The fourth-order valence-electron chi connectivity index (χ4n) is 3.92. The second kappa shape index (κ2) is 7.03. The number of rotatable bonds is 4.